The predicted octanol–water partition coefficient (Wildman–Crippen LogP) is 0.295. The highest BCUT2D eigenvalue weighted by atomic mass is 32.2. The van der Waals surface area contributed by atoms with Crippen molar-refractivity contribution < 1.29 is 27.9 Å². The van der Waals surface area contributed by atoms with E-state index in [4.69, 9.17) is 10.8 Å². The molecule has 1 aliphatic heterocycles. The zero-order valence-electron chi connectivity index (χ0n) is 9.53. The third-order valence-electron chi connectivity index (χ3n) is 2.71. The molecule has 5 nitrogen and oxygen atoms in total. The number of aliphatic carboxylic acids is 1. The molecule has 1 aliphatic rings. The largest absolute Gasteiger partial charge is 0.480 e. The second kappa shape index (κ2) is 4.96. The fourth-order valence-corrected chi connectivity index (χ4v) is 2.51. The van der Waals surface area contributed by atoms with Gasteiger partial charge in [0, 0.05) is 18.1 Å². The molecule has 9 heteroatoms. The Morgan fingerprint density at radius 2 is 2.00 bits per heavy atom. The Balaban J connectivity index is 2.97. The molecule has 1 amide bonds. The number of carboxylic acid groups (broad SMARTS) is 1. The summed E-state index contributed by atoms with van der Waals surface area (Å²) in [5.41, 5.74) is 1.95. The van der Waals surface area contributed by atoms with Crippen LogP contribution in [0, 0.1) is 0 Å². The molecule has 0 aromatic rings. The molecule has 1 rings (SSSR count). The molecule has 2 unspecified atom stereocenters. The van der Waals surface area contributed by atoms with Crippen molar-refractivity contribution in [3.63, 3.8) is 0 Å². The molecule has 0 bridgehead atoms. The first-order chi connectivity index (χ1) is 8.09. The number of nitrogens with two attached hydrogens (primary N) is 1. The summed E-state index contributed by atoms with van der Waals surface area (Å²) < 4.78 is 37.9. The van der Waals surface area contributed by atoms with Crippen LogP contribution in [-0.2, 0) is 9.59 Å². The van der Waals surface area contributed by atoms with Crippen LogP contribution in [0.3, 0.4) is 0 Å². The highest BCUT2D eigenvalue weighted by molar-refractivity contribution is 7.99. The van der Waals surface area contributed by atoms with Gasteiger partial charge in [0.15, 0.2) is 5.54 Å². The molecule has 18 heavy (non-hydrogen) atoms. The third-order valence-corrected chi connectivity index (χ3v) is 3.73. The molecule has 1 saturated heterocycles. The molecular weight excluding hydrogens is 273 g/mol. The van der Waals surface area contributed by atoms with Gasteiger partial charge in [0.1, 0.15) is 6.04 Å². The Bertz CT molecular complexity index is 359. The molecule has 2 atom stereocenters. The van der Waals surface area contributed by atoms with Crippen LogP contribution in [0.5, 0.6) is 0 Å². The predicted molar refractivity (Wildman–Crippen MR) is 59.1 cm³/mol. The molecule has 0 radical (unpaired) electrons. The number of hydrogen-bond acceptors (Lipinski definition) is 4. The summed E-state index contributed by atoms with van der Waals surface area (Å²) in [6, 6.07) is -1.26. The van der Waals surface area contributed by atoms with Gasteiger partial charge in [-0.25, -0.2) is 4.79 Å². The van der Waals surface area contributed by atoms with E-state index in [9.17, 15) is 22.8 Å². The lowest BCUT2D eigenvalue weighted by molar-refractivity contribution is -0.195. The Kier molecular flexibility index (Phi) is 4.16. The van der Waals surface area contributed by atoms with Crippen molar-refractivity contribution in [3.05, 3.63) is 0 Å². The lowest BCUT2D eigenvalue weighted by Crippen LogP contribution is -2.65. The van der Waals surface area contributed by atoms with E-state index in [1.54, 1.807) is 0 Å². The fraction of sp³-hybridized carbons (Fsp3) is 0.778. The summed E-state index contributed by atoms with van der Waals surface area (Å²) in [7, 11) is 0. The van der Waals surface area contributed by atoms with Gasteiger partial charge in [-0.05, 0) is 6.92 Å². The van der Waals surface area contributed by atoms with Gasteiger partial charge in [-0.1, -0.05) is 0 Å². The van der Waals surface area contributed by atoms with Crippen LogP contribution in [0.25, 0.3) is 0 Å². The van der Waals surface area contributed by atoms with Gasteiger partial charge in [-0.2, -0.15) is 24.9 Å². The molecule has 0 spiro atoms. The molecular formula is C9H13F3N2O3S. The standard InChI is InChI=1S/C9H13F3N2O3S/c1-8(13,9(10,11)12)7(17)14-2-3-18-4-5(14)6(15)16/h5H,2-4,13H2,1H3,(H,15,16). The molecule has 0 aromatic carbocycles. The quantitative estimate of drug-likeness (QED) is 0.762. The number of carboxylic acids is 1. The average Bonchev–Trinajstić information content (AvgIpc) is 2.26. The van der Waals surface area contributed by atoms with Gasteiger partial charge in [-0.15, -0.1) is 0 Å². The summed E-state index contributed by atoms with van der Waals surface area (Å²) in [6.07, 6.45) is -4.92. The first-order valence-electron chi connectivity index (χ1n) is 5.06. The van der Waals surface area contributed by atoms with Crippen molar-refractivity contribution in [2.24, 2.45) is 5.73 Å². The molecule has 1 heterocycles. The van der Waals surface area contributed by atoms with E-state index in [0.29, 0.717) is 17.6 Å². The van der Waals surface area contributed by atoms with E-state index >= 15 is 0 Å². The molecule has 104 valence electrons. The molecule has 1 fully saturated rings. The minimum atomic E-state index is -4.92. The van der Waals surface area contributed by atoms with Crippen LogP contribution in [0.15, 0.2) is 0 Å². The van der Waals surface area contributed by atoms with Gasteiger partial charge < -0.3 is 15.7 Å². The van der Waals surface area contributed by atoms with Crippen molar-refractivity contribution >= 4 is 23.6 Å². The molecule has 0 aromatic heterocycles. The first kappa shape index (κ1) is 15.1. The van der Waals surface area contributed by atoms with Crippen molar-refractivity contribution in [3.8, 4) is 0 Å². The Morgan fingerprint density at radius 1 is 1.44 bits per heavy atom. The minimum absolute atomic E-state index is 0.0522. The van der Waals surface area contributed by atoms with Gasteiger partial charge in [-0.3, -0.25) is 4.79 Å². The highest BCUT2D eigenvalue weighted by Crippen LogP contribution is 2.31. The van der Waals surface area contributed by atoms with E-state index in [2.05, 4.69) is 0 Å². The number of carbonyl (C=O) groups excluding carboxylic acids is 1. The highest BCUT2D eigenvalue weighted by Gasteiger charge is 2.56. The number of halogens is 3. The summed E-state index contributed by atoms with van der Waals surface area (Å²) in [5, 5.41) is 8.90. The SMILES string of the molecule is CC(N)(C(=O)N1CCSCC1C(=O)O)C(F)(F)F. The Labute approximate surface area is 105 Å². The Morgan fingerprint density at radius 3 is 2.44 bits per heavy atom. The maximum absolute atomic E-state index is 12.6. The summed E-state index contributed by atoms with van der Waals surface area (Å²) >= 11 is 1.27. The minimum Gasteiger partial charge on any atom is -0.480 e. The monoisotopic (exact) mass is 286 g/mol. The van der Waals surface area contributed by atoms with Crippen molar-refractivity contribution in [2.45, 2.75) is 24.7 Å². The van der Waals surface area contributed by atoms with Crippen LogP contribution >= 0.6 is 11.8 Å². The molecule has 0 saturated carbocycles. The third kappa shape index (κ3) is 2.72. The van der Waals surface area contributed by atoms with Crippen LogP contribution in [0.1, 0.15) is 6.92 Å². The van der Waals surface area contributed by atoms with Crippen LogP contribution < -0.4 is 5.73 Å². The number of rotatable bonds is 2. The fourth-order valence-electron chi connectivity index (χ4n) is 1.47. The van der Waals surface area contributed by atoms with Crippen LogP contribution in [0.2, 0.25) is 0 Å². The number of amides is 1. The van der Waals surface area contributed by atoms with Crippen molar-refractivity contribution in [2.75, 3.05) is 18.1 Å². The number of thioether (sulfide) groups is 1. The maximum atomic E-state index is 12.6. The van der Waals surface area contributed by atoms with E-state index in [1.807, 2.05) is 0 Å². The van der Waals surface area contributed by atoms with Crippen LogP contribution in [-0.4, -0.2) is 57.7 Å². The number of carbonyl (C=O) groups is 2. The summed E-state index contributed by atoms with van der Waals surface area (Å²) in [4.78, 5) is 23.4. The lowest BCUT2D eigenvalue weighted by atomic mass is 10.00. The van der Waals surface area contributed by atoms with Gasteiger partial charge in [0.05, 0.1) is 0 Å². The smallest absolute Gasteiger partial charge is 0.415 e. The first-order valence-corrected chi connectivity index (χ1v) is 6.21. The van der Waals surface area contributed by atoms with Crippen molar-refractivity contribution in [1.82, 2.24) is 4.90 Å². The second-order valence-corrected chi connectivity index (χ2v) is 5.28. The van der Waals surface area contributed by atoms with Gasteiger partial charge >= 0.3 is 12.1 Å². The van der Waals surface area contributed by atoms with E-state index in [-0.39, 0.29) is 12.3 Å². The number of alkyl halides is 3. The lowest BCUT2D eigenvalue weighted by Gasteiger charge is -2.38. The van der Waals surface area contributed by atoms with E-state index in [1.165, 1.54) is 11.8 Å². The summed E-state index contributed by atoms with van der Waals surface area (Å²) in [6.45, 7) is 0.499. The summed E-state index contributed by atoms with van der Waals surface area (Å²) in [5.74, 6) is -2.27. The van der Waals surface area contributed by atoms with Crippen molar-refractivity contribution in [1.29, 1.82) is 0 Å². The molecule has 3 N–H and O–H groups in total. The van der Waals surface area contributed by atoms with Crippen LogP contribution in [0.4, 0.5) is 13.2 Å². The maximum Gasteiger partial charge on any atom is 0.415 e. The normalized spacial score (nSPS) is 24.5. The molecule has 0 aliphatic carbocycles. The number of nitrogens with zero attached hydrogens (tertiary/aromatic N) is 1. The zero-order valence-corrected chi connectivity index (χ0v) is 10.3. The zero-order chi connectivity index (χ0) is 14.1. The van der Waals surface area contributed by atoms with Gasteiger partial charge in [0.25, 0.3) is 5.91 Å². The Hall–Kier alpha value is -0.960. The number of hydrogen-bond donors (Lipinski definition) is 2. The van der Waals surface area contributed by atoms with Gasteiger partial charge in [0.2, 0.25) is 0 Å². The average molecular weight is 286 g/mol. The van der Waals surface area contributed by atoms with E-state index in [0.717, 1.165) is 0 Å². The van der Waals surface area contributed by atoms with E-state index < -0.39 is 29.6 Å². The second-order valence-electron chi connectivity index (χ2n) is 4.13. The topological polar surface area (TPSA) is 83.6 Å².